The smallest absolute Gasteiger partial charge is 0.0723 e. The van der Waals surface area contributed by atoms with Crippen LogP contribution in [0.25, 0.3) is 17.3 Å². The molecule has 0 amide bonds. The number of benzene rings is 1. The molecule has 154 valence electrons. The van der Waals surface area contributed by atoms with E-state index in [0.29, 0.717) is 6.04 Å². The van der Waals surface area contributed by atoms with Crippen LogP contribution in [-0.4, -0.2) is 42.7 Å². The minimum absolute atomic E-state index is 0.131. The summed E-state index contributed by atoms with van der Waals surface area (Å²) in [5.74, 6) is 0. The molecular weight excluding hydrogens is 356 g/mol. The molecule has 4 heteroatoms. The third-order valence-electron chi connectivity index (χ3n) is 6.11. The molecular formula is C25H34N4. The van der Waals surface area contributed by atoms with E-state index in [1.54, 1.807) is 0 Å². The van der Waals surface area contributed by atoms with Gasteiger partial charge in [-0.15, -0.1) is 0 Å². The third-order valence-corrected chi connectivity index (χ3v) is 6.11. The summed E-state index contributed by atoms with van der Waals surface area (Å²) in [4.78, 5) is 9.49. The normalized spacial score (nSPS) is 20.4. The van der Waals surface area contributed by atoms with Crippen molar-refractivity contribution in [1.82, 2.24) is 10.3 Å². The van der Waals surface area contributed by atoms with Gasteiger partial charge in [0.1, 0.15) is 0 Å². The van der Waals surface area contributed by atoms with E-state index in [4.69, 9.17) is 4.98 Å². The lowest BCUT2D eigenvalue weighted by atomic mass is 9.78. The zero-order valence-electron chi connectivity index (χ0n) is 18.7. The van der Waals surface area contributed by atoms with Crippen molar-refractivity contribution in [3.8, 4) is 11.3 Å². The summed E-state index contributed by atoms with van der Waals surface area (Å²) in [7, 11) is 4.14. The van der Waals surface area contributed by atoms with Gasteiger partial charge in [-0.3, -0.25) is 4.98 Å². The Balaban J connectivity index is 1.68. The third kappa shape index (κ3) is 4.18. The number of piperidine rings is 1. The van der Waals surface area contributed by atoms with E-state index in [0.717, 1.165) is 25.1 Å². The van der Waals surface area contributed by atoms with Crippen LogP contribution in [-0.2, 0) is 0 Å². The first kappa shape index (κ1) is 20.0. The maximum absolute atomic E-state index is 4.77. The standard InChI is InChI=1S/C25H34N4/c1-24(2)15-21(16-25(3,4)27-24)29-13-7-8-19-17-26-22(14-23(19)29)18-9-11-20(12-10-18)28(5)6/h7-12,14,17,21,27H,13,15-16H2,1-6H3. The SMILES string of the molecule is CN(C)c1ccc(-c2cc3c(cn2)C=CCN3C2CC(C)(C)NC(C)(C)C2)cc1. The van der Waals surface area contributed by atoms with Gasteiger partial charge in [0.05, 0.1) is 5.69 Å². The van der Waals surface area contributed by atoms with Crippen molar-refractivity contribution in [2.75, 3.05) is 30.4 Å². The van der Waals surface area contributed by atoms with E-state index < -0.39 is 0 Å². The first-order valence-electron chi connectivity index (χ1n) is 10.6. The van der Waals surface area contributed by atoms with Gasteiger partial charge in [-0.2, -0.15) is 0 Å². The lowest BCUT2D eigenvalue weighted by molar-refractivity contribution is 0.159. The first-order valence-corrected chi connectivity index (χ1v) is 10.6. The molecule has 1 aromatic heterocycles. The van der Waals surface area contributed by atoms with Gasteiger partial charge in [0.2, 0.25) is 0 Å². The van der Waals surface area contributed by atoms with Crippen LogP contribution >= 0.6 is 0 Å². The molecule has 1 N–H and O–H groups in total. The minimum atomic E-state index is 0.131. The van der Waals surface area contributed by atoms with Crippen LogP contribution in [0.3, 0.4) is 0 Å². The van der Waals surface area contributed by atoms with Gasteiger partial charge in [0, 0.05) is 66.5 Å². The fourth-order valence-corrected chi connectivity index (χ4v) is 5.15. The zero-order valence-corrected chi connectivity index (χ0v) is 18.7. The van der Waals surface area contributed by atoms with Crippen molar-refractivity contribution in [1.29, 1.82) is 0 Å². The van der Waals surface area contributed by atoms with Crippen LogP contribution in [0.4, 0.5) is 11.4 Å². The van der Waals surface area contributed by atoms with Gasteiger partial charge in [-0.05, 0) is 58.7 Å². The second kappa shape index (κ2) is 7.17. The predicted molar refractivity (Wildman–Crippen MR) is 125 cm³/mol. The van der Waals surface area contributed by atoms with Crippen LogP contribution in [0, 0.1) is 0 Å². The molecule has 0 saturated carbocycles. The Morgan fingerprint density at radius 3 is 2.31 bits per heavy atom. The monoisotopic (exact) mass is 390 g/mol. The summed E-state index contributed by atoms with van der Waals surface area (Å²) in [5.41, 5.74) is 6.21. The van der Waals surface area contributed by atoms with Gasteiger partial charge in [-0.25, -0.2) is 0 Å². The Morgan fingerprint density at radius 2 is 1.69 bits per heavy atom. The average molecular weight is 391 g/mol. The van der Waals surface area contributed by atoms with Crippen LogP contribution in [0.15, 0.2) is 42.6 Å². The van der Waals surface area contributed by atoms with Gasteiger partial charge in [0.25, 0.3) is 0 Å². The number of hydrogen-bond donors (Lipinski definition) is 1. The lowest BCUT2D eigenvalue weighted by Crippen LogP contribution is -2.62. The van der Waals surface area contributed by atoms with Crippen LogP contribution in [0.5, 0.6) is 0 Å². The molecule has 3 heterocycles. The molecule has 0 spiro atoms. The maximum atomic E-state index is 4.77. The number of nitrogens with zero attached hydrogens (tertiary/aromatic N) is 3. The molecule has 0 aliphatic carbocycles. The number of fused-ring (bicyclic) bond motifs is 1. The molecule has 2 aromatic rings. The Kier molecular flexibility index (Phi) is 4.94. The molecule has 29 heavy (non-hydrogen) atoms. The summed E-state index contributed by atoms with van der Waals surface area (Å²) in [5, 5.41) is 3.82. The van der Waals surface area contributed by atoms with Crippen molar-refractivity contribution >= 4 is 17.5 Å². The fourth-order valence-electron chi connectivity index (χ4n) is 5.15. The molecule has 0 atom stereocenters. The summed E-state index contributed by atoms with van der Waals surface area (Å²) in [6.07, 6.45) is 8.80. The molecule has 0 radical (unpaired) electrons. The van der Waals surface area contributed by atoms with Crippen molar-refractivity contribution in [3.05, 3.63) is 48.2 Å². The predicted octanol–water partition coefficient (Wildman–Crippen LogP) is 4.96. The molecule has 1 saturated heterocycles. The van der Waals surface area contributed by atoms with E-state index in [2.05, 4.69) is 99.4 Å². The Morgan fingerprint density at radius 1 is 1.03 bits per heavy atom. The summed E-state index contributed by atoms with van der Waals surface area (Å²) >= 11 is 0. The van der Waals surface area contributed by atoms with E-state index in [1.807, 2.05) is 6.20 Å². The molecule has 4 nitrogen and oxygen atoms in total. The van der Waals surface area contributed by atoms with E-state index >= 15 is 0 Å². The van der Waals surface area contributed by atoms with E-state index in [9.17, 15) is 0 Å². The highest BCUT2D eigenvalue weighted by molar-refractivity contribution is 5.76. The first-order chi connectivity index (χ1) is 13.6. The number of nitrogens with one attached hydrogen (secondary N) is 1. The highest BCUT2D eigenvalue weighted by Crippen LogP contribution is 2.38. The topological polar surface area (TPSA) is 31.4 Å². The molecule has 2 aliphatic heterocycles. The summed E-state index contributed by atoms with van der Waals surface area (Å²) < 4.78 is 0. The molecule has 0 bridgehead atoms. The van der Waals surface area contributed by atoms with E-state index in [1.165, 1.54) is 22.5 Å². The maximum Gasteiger partial charge on any atom is 0.0723 e. The van der Waals surface area contributed by atoms with Crippen molar-refractivity contribution in [2.24, 2.45) is 0 Å². The van der Waals surface area contributed by atoms with Crippen LogP contribution < -0.4 is 15.1 Å². The van der Waals surface area contributed by atoms with Crippen molar-refractivity contribution in [2.45, 2.75) is 57.7 Å². The summed E-state index contributed by atoms with van der Waals surface area (Å²) in [6.45, 7) is 10.3. The minimum Gasteiger partial charge on any atom is -0.378 e. The lowest BCUT2D eigenvalue weighted by Gasteiger charge is -2.50. The summed E-state index contributed by atoms with van der Waals surface area (Å²) in [6, 6.07) is 11.5. The van der Waals surface area contributed by atoms with Crippen LogP contribution in [0.1, 0.15) is 46.1 Å². The zero-order chi connectivity index (χ0) is 20.8. The molecule has 4 rings (SSSR count). The number of aromatic nitrogens is 1. The second-order valence-electron chi connectivity index (χ2n) is 10.1. The molecule has 2 aliphatic rings. The molecule has 0 unspecified atom stereocenters. The number of anilines is 2. The molecule has 1 aromatic carbocycles. The number of rotatable bonds is 3. The highest BCUT2D eigenvalue weighted by atomic mass is 15.2. The quantitative estimate of drug-likeness (QED) is 0.803. The average Bonchev–Trinajstić information content (AvgIpc) is 2.64. The van der Waals surface area contributed by atoms with Gasteiger partial charge in [0.15, 0.2) is 0 Å². The van der Waals surface area contributed by atoms with Gasteiger partial charge < -0.3 is 15.1 Å². The Labute approximate surface area is 175 Å². The van der Waals surface area contributed by atoms with Crippen LogP contribution in [0.2, 0.25) is 0 Å². The largest absolute Gasteiger partial charge is 0.378 e. The van der Waals surface area contributed by atoms with Gasteiger partial charge >= 0.3 is 0 Å². The van der Waals surface area contributed by atoms with E-state index in [-0.39, 0.29) is 11.1 Å². The Hall–Kier alpha value is -2.33. The second-order valence-corrected chi connectivity index (χ2v) is 10.1. The van der Waals surface area contributed by atoms with Crippen molar-refractivity contribution < 1.29 is 0 Å². The Bertz CT molecular complexity index is 893. The highest BCUT2D eigenvalue weighted by Gasteiger charge is 2.40. The number of hydrogen-bond acceptors (Lipinski definition) is 4. The van der Waals surface area contributed by atoms with Crippen molar-refractivity contribution in [3.63, 3.8) is 0 Å². The van der Waals surface area contributed by atoms with Gasteiger partial charge in [-0.1, -0.05) is 24.3 Å². The fraction of sp³-hybridized carbons (Fsp3) is 0.480. The molecule has 1 fully saturated rings. The number of pyridine rings is 1.